The van der Waals surface area contributed by atoms with E-state index in [-0.39, 0.29) is 22.2 Å². The van der Waals surface area contributed by atoms with Crippen LogP contribution in [-0.2, 0) is 21.4 Å². The van der Waals surface area contributed by atoms with E-state index < -0.39 is 34.3 Å². The van der Waals surface area contributed by atoms with Crippen LogP contribution >= 0.6 is 15.9 Å². The van der Waals surface area contributed by atoms with Gasteiger partial charge in [0.25, 0.3) is 5.91 Å². The number of benzene rings is 3. The Morgan fingerprint density at radius 1 is 1.00 bits per heavy atom. The summed E-state index contributed by atoms with van der Waals surface area (Å²) in [5.41, 5.74) is 1.11. The number of halogens is 2. The molecule has 1 N–H and O–H groups in total. The van der Waals surface area contributed by atoms with Gasteiger partial charge in [0.2, 0.25) is 0 Å². The van der Waals surface area contributed by atoms with Crippen molar-refractivity contribution in [3.8, 4) is 0 Å². The van der Waals surface area contributed by atoms with Crippen molar-refractivity contribution < 1.29 is 22.4 Å². The molecule has 9 heteroatoms. The Kier molecular flexibility index (Phi) is 5.63. The first kappa shape index (κ1) is 21.2. The molecule has 0 bridgehead atoms. The number of allylic oxidation sites excluding steroid dienone is 1. The number of fused-ring (bicyclic) bond motifs is 1. The lowest BCUT2D eigenvalue weighted by molar-refractivity contribution is -0.115. The topological polar surface area (TPSA) is 83.6 Å². The molecule has 0 saturated heterocycles. The van der Waals surface area contributed by atoms with Crippen LogP contribution in [0.4, 0.5) is 4.39 Å². The van der Waals surface area contributed by atoms with Gasteiger partial charge in [0.15, 0.2) is 5.78 Å². The number of rotatable bonds is 5. The molecule has 0 radical (unpaired) electrons. The van der Waals surface area contributed by atoms with E-state index in [0.717, 1.165) is 32.8 Å². The molecule has 3 aromatic carbocycles. The average molecular weight is 503 g/mol. The summed E-state index contributed by atoms with van der Waals surface area (Å²) in [5.74, 6) is -1.84. The molecule has 3 aromatic rings. The predicted molar refractivity (Wildman–Crippen MR) is 118 cm³/mol. The summed E-state index contributed by atoms with van der Waals surface area (Å²) in [6.45, 7) is -0.538. The number of hydrogen-bond donors (Lipinski definition) is 1. The van der Waals surface area contributed by atoms with Crippen LogP contribution in [0.25, 0.3) is 10.8 Å². The summed E-state index contributed by atoms with van der Waals surface area (Å²) < 4.78 is 41.5. The second-order valence-corrected chi connectivity index (χ2v) is 9.34. The molecular formula is C22H16BrFN2O4S. The van der Waals surface area contributed by atoms with Crippen LogP contribution in [0.2, 0.25) is 0 Å². The Morgan fingerprint density at radius 2 is 1.68 bits per heavy atom. The number of Topliss-reactive ketones (excluding diaryl/α,β-unsaturated/α-hetero) is 1. The van der Waals surface area contributed by atoms with Gasteiger partial charge in [-0.05, 0) is 56.5 Å². The first-order valence-electron chi connectivity index (χ1n) is 9.25. The van der Waals surface area contributed by atoms with E-state index in [1.807, 2.05) is 47.2 Å². The highest BCUT2D eigenvalue weighted by Gasteiger charge is 2.37. The Labute approximate surface area is 186 Å². The Balaban J connectivity index is 1.75. The number of nitrogens with one attached hydrogen (secondary N) is 1. The maximum atomic E-state index is 13.2. The van der Waals surface area contributed by atoms with Gasteiger partial charge in [0.1, 0.15) is 10.3 Å². The summed E-state index contributed by atoms with van der Waals surface area (Å²) >= 11 is 3.19. The summed E-state index contributed by atoms with van der Waals surface area (Å²) in [4.78, 5) is 25.0. The van der Waals surface area contributed by atoms with Crippen molar-refractivity contribution in [2.24, 2.45) is 0 Å². The van der Waals surface area contributed by atoms with Gasteiger partial charge in [0.05, 0.1) is 12.2 Å². The molecular weight excluding hydrogens is 487 g/mol. The summed E-state index contributed by atoms with van der Waals surface area (Å²) in [7, 11) is -4.29. The van der Waals surface area contributed by atoms with Crippen LogP contribution in [0, 0.1) is 5.82 Å². The summed E-state index contributed by atoms with van der Waals surface area (Å²) in [5, 5.41) is 1.87. The van der Waals surface area contributed by atoms with E-state index in [9.17, 15) is 22.4 Å². The fraction of sp³-hybridized carbons (Fsp3) is 0.0909. The molecule has 0 spiro atoms. The molecule has 1 amide bonds. The third-order valence-electron chi connectivity index (χ3n) is 4.96. The number of nitrogens with zero attached hydrogens (tertiary/aromatic N) is 1. The monoisotopic (exact) mass is 502 g/mol. The minimum atomic E-state index is -4.29. The molecule has 0 saturated carbocycles. The van der Waals surface area contributed by atoms with E-state index in [0.29, 0.717) is 0 Å². The van der Waals surface area contributed by atoms with Crippen molar-refractivity contribution in [1.29, 1.82) is 0 Å². The molecule has 0 fully saturated rings. The Bertz CT molecular complexity index is 1330. The highest BCUT2D eigenvalue weighted by atomic mass is 79.9. The summed E-state index contributed by atoms with van der Waals surface area (Å²) in [6.07, 6.45) is 0.102. The number of carbonyl (C=O) groups is 2. The smallest absolute Gasteiger partial charge is 0.292 e. The molecule has 1 aliphatic heterocycles. The third-order valence-corrected chi connectivity index (χ3v) is 7.15. The van der Waals surface area contributed by atoms with E-state index in [1.54, 1.807) is 0 Å². The van der Waals surface area contributed by atoms with Crippen molar-refractivity contribution in [3.63, 3.8) is 0 Å². The van der Waals surface area contributed by atoms with Crippen LogP contribution in [0.1, 0.15) is 15.9 Å². The van der Waals surface area contributed by atoms with Crippen LogP contribution in [0.3, 0.4) is 0 Å². The molecule has 158 valence electrons. The van der Waals surface area contributed by atoms with Crippen LogP contribution in [0.15, 0.2) is 76.9 Å². The molecule has 1 heterocycles. The second-order valence-electron chi connectivity index (χ2n) is 6.95. The van der Waals surface area contributed by atoms with Gasteiger partial charge < -0.3 is 0 Å². The van der Waals surface area contributed by atoms with Gasteiger partial charge in [-0.15, -0.1) is 0 Å². The van der Waals surface area contributed by atoms with E-state index in [1.165, 1.54) is 12.1 Å². The molecule has 4 rings (SSSR count). The maximum Gasteiger partial charge on any atom is 0.326 e. The van der Waals surface area contributed by atoms with Crippen molar-refractivity contribution in [2.75, 3.05) is 6.54 Å². The minimum Gasteiger partial charge on any atom is -0.292 e. The molecule has 1 aliphatic rings. The van der Waals surface area contributed by atoms with Crippen LogP contribution in [0.5, 0.6) is 0 Å². The fourth-order valence-corrected chi connectivity index (χ4v) is 5.32. The highest BCUT2D eigenvalue weighted by Crippen LogP contribution is 2.30. The molecule has 31 heavy (non-hydrogen) atoms. The molecule has 6 nitrogen and oxygen atoms in total. The normalized spacial score (nSPS) is 15.8. The van der Waals surface area contributed by atoms with Crippen LogP contribution < -0.4 is 4.72 Å². The van der Waals surface area contributed by atoms with Gasteiger partial charge >= 0.3 is 10.2 Å². The largest absolute Gasteiger partial charge is 0.326 e. The Hall–Kier alpha value is -3.04. The third kappa shape index (κ3) is 4.24. The fourth-order valence-electron chi connectivity index (χ4n) is 3.43. The van der Waals surface area contributed by atoms with Gasteiger partial charge in [-0.2, -0.15) is 8.42 Å². The van der Waals surface area contributed by atoms with Crippen molar-refractivity contribution in [1.82, 2.24) is 9.03 Å². The van der Waals surface area contributed by atoms with Crippen molar-refractivity contribution in [2.45, 2.75) is 6.42 Å². The molecule has 0 aliphatic carbocycles. The number of carbonyl (C=O) groups excluding carboxylic acids is 2. The second kappa shape index (κ2) is 8.24. The first-order chi connectivity index (χ1) is 14.8. The zero-order valence-corrected chi connectivity index (χ0v) is 18.4. The van der Waals surface area contributed by atoms with Gasteiger partial charge in [-0.1, -0.05) is 42.5 Å². The average Bonchev–Trinajstić information content (AvgIpc) is 2.74. The summed E-state index contributed by atoms with van der Waals surface area (Å²) in [6, 6.07) is 18.1. The lowest BCUT2D eigenvalue weighted by Crippen LogP contribution is -2.50. The number of ketones is 1. The number of hydrogen-bond acceptors (Lipinski definition) is 4. The van der Waals surface area contributed by atoms with Crippen molar-refractivity contribution in [3.05, 3.63) is 93.9 Å². The lowest BCUT2D eigenvalue weighted by atomic mass is 10.0. The highest BCUT2D eigenvalue weighted by molar-refractivity contribution is 9.12. The Morgan fingerprint density at radius 3 is 2.42 bits per heavy atom. The quantitative estimate of drug-likeness (QED) is 0.539. The van der Waals surface area contributed by atoms with E-state index in [4.69, 9.17) is 0 Å². The number of amides is 1. The molecule has 0 aromatic heterocycles. The predicted octanol–water partition coefficient (Wildman–Crippen LogP) is 3.69. The van der Waals surface area contributed by atoms with Gasteiger partial charge in [-0.3, -0.25) is 9.59 Å². The van der Waals surface area contributed by atoms with Crippen molar-refractivity contribution >= 4 is 48.6 Å². The lowest BCUT2D eigenvalue weighted by Gasteiger charge is -2.31. The molecule has 0 unspecified atom stereocenters. The SMILES string of the molecule is O=C1NS(=O)(=O)N(CC(=O)c2ccc(F)cc2)C(Cc2cccc3ccccc23)=C1Br. The van der Waals surface area contributed by atoms with E-state index >= 15 is 0 Å². The van der Waals surface area contributed by atoms with Gasteiger partial charge in [-0.25, -0.2) is 13.4 Å². The minimum absolute atomic E-state index is 0.0298. The zero-order valence-electron chi connectivity index (χ0n) is 16.0. The standard InChI is InChI=1S/C22H16BrFN2O4S/c23-21-19(12-16-6-3-5-14-4-1-2-7-18(14)16)26(31(29,30)25-22(21)28)13-20(27)15-8-10-17(24)11-9-15/h1-11H,12-13H2,(H,25,28). The zero-order chi connectivity index (χ0) is 22.2. The van der Waals surface area contributed by atoms with E-state index in [2.05, 4.69) is 15.9 Å². The maximum absolute atomic E-state index is 13.2. The first-order valence-corrected chi connectivity index (χ1v) is 11.5. The van der Waals surface area contributed by atoms with Gasteiger partial charge in [0, 0.05) is 12.0 Å². The molecule has 0 atom stereocenters. The van der Waals surface area contributed by atoms with Crippen LogP contribution in [-0.4, -0.2) is 31.0 Å².